The Kier molecular flexibility index (Phi) is 5.16. The SMILES string of the molecule is Cc1ccc(-c2cc(C(=O)N/N=C\c3ccccc3C)c3ccccc3n2)cc1. The van der Waals surface area contributed by atoms with Crippen molar-refractivity contribution in [2.24, 2.45) is 5.10 Å². The predicted octanol–water partition coefficient (Wildman–Crippen LogP) is 5.28. The lowest BCUT2D eigenvalue weighted by Crippen LogP contribution is -2.18. The van der Waals surface area contributed by atoms with Crippen LogP contribution in [0.2, 0.25) is 0 Å². The molecule has 1 heterocycles. The summed E-state index contributed by atoms with van der Waals surface area (Å²) in [6.07, 6.45) is 1.66. The van der Waals surface area contributed by atoms with Gasteiger partial charge in [0.2, 0.25) is 0 Å². The molecule has 29 heavy (non-hydrogen) atoms. The molecule has 0 aliphatic heterocycles. The number of para-hydroxylation sites is 1. The van der Waals surface area contributed by atoms with Gasteiger partial charge in [-0.05, 0) is 37.1 Å². The average Bonchev–Trinajstić information content (AvgIpc) is 2.74. The zero-order chi connectivity index (χ0) is 20.2. The van der Waals surface area contributed by atoms with Crippen molar-refractivity contribution < 1.29 is 4.79 Å². The topological polar surface area (TPSA) is 54.4 Å². The highest BCUT2D eigenvalue weighted by molar-refractivity contribution is 6.07. The van der Waals surface area contributed by atoms with E-state index in [1.54, 1.807) is 6.21 Å². The standard InChI is InChI=1S/C25H21N3O/c1-17-11-13-19(14-12-17)24-15-22(21-9-5-6-10-23(21)27-24)25(29)28-26-16-20-8-4-3-7-18(20)2/h3-16H,1-2H3,(H,28,29)/b26-16-. The van der Waals surface area contributed by atoms with E-state index in [0.717, 1.165) is 33.3 Å². The van der Waals surface area contributed by atoms with Crippen LogP contribution in [-0.4, -0.2) is 17.1 Å². The molecule has 4 aromatic rings. The number of fused-ring (bicyclic) bond motifs is 1. The number of aromatic nitrogens is 1. The minimum absolute atomic E-state index is 0.262. The molecule has 0 spiro atoms. The fourth-order valence-electron chi connectivity index (χ4n) is 3.19. The van der Waals surface area contributed by atoms with Gasteiger partial charge in [-0.1, -0.05) is 72.3 Å². The largest absolute Gasteiger partial charge is 0.272 e. The first-order valence-corrected chi connectivity index (χ1v) is 9.48. The van der Waals surface area contributed by atoms with Crippen LogP contribution in [0.3, 0.4) is 0 Å². The van der Waals surface area contributed by atoms with Crippen LogP contribution in [0.15, 0.2) is 84.0 Å². The van der Waals surface area contributed by atoms with Crippen molar-refractivity contribution in [1.29, 1.82) is 0 Å². The van der Waals surface area contributed by atoms with Gasteiger partial charge in [0.25, 0.3) is 5.91 Å². The molecule has 4 rings (SSSR count). The zero-order valence-corrected chi connectivity index (χ0v) is 16.4. The second-order valence-corrected chi connectivity index (χ2v) is 6.99. The van der Waals surface area contributed by atoms with Gasteiger partial charge in [0.05, 0.1) is 23.0 Å². The fraction of sp³-hybridized carbons (Fsp3) is 0.0800. The van der Waals surface area contributed by atoms with Crippen LogP contribution in [0, 0.1) is 13.8 Å². The van der Waals surface area contributed by atoms with Crippen LogP contribution >= 0.6 is 0 Å². The number of rotatable bonds is 4. The molecule has 4 nitrogen and oxygen atoms in total. The molecule has 0 saturated heterocycles. The number of carbonyl (C=O) groups is 1. The lowest BCUT2D eigenvalue weighted by Gasteiger charge is -2.09. The van der Waals surface area contributed by atoms with Crippen molar-refractivity contribution in [2.45, 2.75) is 13.8 Å². The van der Waals surface area contributed by atoms with Crippen LogP contribution in [-0.2, 0) is 0 Å². The average molecular weight is 379 g/mol. The van der Waals surface area contributed by atoms with Gasteiger partial charge in [0.15, 0.2) is 0 Å². The monoisotopic (exact) mass is 379 g/mol. The number of nitrogens with zero attached hydrogens (tertiary/aromatic N) is 2. The number of nitrogens with one attached hydrogen (secondary N) is 1. The highest BCUT2D eigenvalue weighted by Gasteiger charge is 2.13. The number of hydrogen-bond donors (Lipinski definition) is 1. The molecule has 0 aliphatic rings. The van der Waals surface area contributed by atoms with Gasteiger partial charge >= 0.3 is 0 Å². The number of amides is 1. The molecule has 0 bridgehead atoms. The smallest absolute Gasteiger partial charge is 0.267 e. The summed E-state index contributed by atoms with van der Waals surface area (Å²) >= 11 is 0. The summed E-state index contributed by atoms with van der Waals surface area (Å²) in [5.41, 5.74) is 8.96. The molecule has 0 atom stereocenters. The Labute approximate surface area is 169 Å². The van der Waals surface area contributed by atoms with Gasteiger partial charge in [-0.25, -0.2) is 10.4 Å². The molecular weight excluding hydrogens is 358 g/mol. The van der Waals surface area contributed by atoms with Crippen molar-refractivity contribution in [3.63, 3.8) is 0 Å². The summed E-state index contributed by atoms with van der Waals surface area (Å²) < 4.78 is 0. The van der Waals surface area contributed by atoms with E-state index in [1.165, 1.54) is 5.56 Å². The number of pyridine rings is 1. The third kappa shape index (κ3) is 4.06. The summed E-state index contributed by atoms with van der Waals surface area (Å²) in [5, 5.41) is 4.95. The molecule has 1 aromatic heterocycles. The lowest BCUT2D eigenvalue weighted by atomic mass is 10.0. The van der Waals surface area contributed by atoms with E-state index in [0.29, 0.717) is 5.56 Å². The van der Waals surface area contributed by atoms with Crippen LogP contribution in [0.25, 0.3) is 22.2 Å². The minimum atomic E-state index is -0.262. The Hall–Kier alpha value is -3.79. The Morgan fingerprint density at radius 2 is 1.66 bits per heavy atom. The van der Waals surface area contributed by atoms with Crippen molar-refractivity contribution in [3.05, 3.63) is 101 Å². The molecule has 142 valence electrons. The molecule has 4 heteroatoms. The number of carbonyl (C=O) groups excluding carboxylic acids is 1. The van der Waals surface area contributed by atoms with Crippen molar-refractivity contribution >= 4 is 23.0 Å². The van der Waals surface area contributed by atoms with E-state index in [9.17, 15) is 4.79 Å². The van der Waals surface area contributed by atoms with Crippen LogP contribution in [0.5, 0.6) is 0 Å². The van der Waals surface area contributed by atoms with Gasteiger partial charge in [-0.2, -0.15) is 5.10 Å². The summed E-state index contributed by atoms with van der Waals surface area (Å²) in [5.74, 6) is -0.262. The van der Waals surface area contributed by atoms with Gasteiger partial charge in [-0.15, -0.1) is 0 Å². The first-order chi connectivity index (χ1) is 14.1. The Morgan fingerprint density at radius 3 is 2.45 bits per heavy atom. The van der Waals surface area contributed by atoms with Gasteiger partial charge < -0.3 is 0 Å². The number of benzene rings is 3. The second kappa shape index (κ2) is 8.07. The summed E-state index contributed by atoms with van der Waals surface area (Å²) in [7, 11) is 0. The highest BCUT2D eigenvalue weighted by atomic mass is 16.2. The van der Waals surface area contributed by atoms with Crippen molar-refractivity contribution in [3.8, 4) is 11.3 Å². The fourth-order valence-corrected chi connectivity index (χ4v) is 3.19. The molecular formula is C25H21N3O. The first kappa shape index (κ1) is 18.6. The number of aryl methyl sites for hydroxylation is 2. The maximum absolute atomic E-state index is 12.9. The minimum Gasteiger partial charge on any atom is -0.267 e. The van der Waals surface area contributed by atoms with E-state index in [1.807, 2.05) is 92.7 Å². The van der Waals surface area contributed by atoms with E-state index >= 15 is 0 Å². The van der Waals surface area contributed by atoms with E-state index in [4.69, 9.17) is 4.98 Å². The van der Waals surface area contributed by atoms with Gasteiger partial charge in [0, 0.05) is 10.9 Å². The first-order valence-electron chi connectivity index (χ1n) is 9.48. The third-order valence-electron chi connectivity index (χ3n) is 4.87. The Balaban J connectivity index is 1.69. The molecule has 0 aliphatic carbocycles. The Bertz CT molecular complexity index is 1210. The molecule has 0 saturated carbocycles. The van der Waals surface area contributed by atoms with Crippen LogP contribution < -0.4 is 5.43 Å². The molecule has 0 unspecified atom stereocenters. The molecule has 1 amide bonds. The summed E-state index contributed by atoms with van der Waals surface area (Å²) in [4.78, 5) is 17.7. The summed E-state index contributed by atoms with van der Waals surface area (Å²) in [6, 6.07) is 25.5. The second-order valence-electron chi connectivity index (χ2n) is 6.99. The maximum Gasteiger partial charge on any atom is 0.272 e. The number of hydrogen-bond acceptors (Lipinski definition) is 3. The molecule has 0 radical (unpaired) electrons. The summed E-state index contributed by atoms with van der Waals surface area (Å²) in [6.45, 7) is 4.05. The van der Waals surface area contributed by atoms with Crippen molar-refractivity contribution in [1.82, 2.24) is 10.4 Å². The van der Waals surface area contributed by atoms with Crippen LogP contribution in [0.4, 0.5) is 0 Å². The predicted molar refractivity (Wildman–Crippen MR) is 118 cm³/mol. The van der Waals surface area contributed by atoms with E-state index in [2.05, 4.69) is 10.5 Å². The van der Waals surface area contributed by atoms with E-state index < -0.39 is 0 Å². The quantitative estimate of drug-likeness (QED) is 0.387. The molecule has 1 N–H and O–H groups in total. The lowest BCUT2D eigenvalue weighted by molar-refractivity contribution is 0.0956. The zero-order valence-electron chi connectivity index (χ0n) is 16.4. The molecule has 0 fully saturated rings. The third-order valence-corrected chi connectivity index (χ3v) is 4.87. The maximum atomic E-state index is 12.9. The van der Waals surface area contributed by atoms with Gasteiger partial charge in [0.1, 0.15) is 0 Å². The normalized spacial score (nSPS) is 11.1. The van der Waals surface area contributed by atoms with Gasteiger partial charge in [-0.3, -0.25) is 4.79 Å². The van der Waals surface area contributed by atoms with E-state index in [-0.39, 0.29) is 5.91 Å². The van der Waals surface area contributed by atoms with Crippen molar-refractivity contribution in [2.75, 3.05) is 0 Å². The Morgan fingerprint density at radius 1 is 0.931 bits per heavy atom. The number of hydrazone groups is 1. The highest BCUT2D eigenvalue weighted by Crippen LogP contribution is 2.25. The van der Waals surface area contributed by atoms with Crippen LogP contribution in [0.1, 0.15) is 27.0 Å². The molecule has 3 aromatic carbocycles.